The highest BCUT2D eigenvalue weighted by atomic mass is 19.1. The summed E-state index contributed by atoms with van der Waals surface area (Å²) >= 11 is 0. The number of allylic oxidation sites excluding steroid dienone is 1. The molecule has 1 aromatic carbocycles. The molecule has 1 heterocycles. The minimum Gasteiger partial charge on any atom is -0.415 e. The minimum atomic E-state index is -0.619. The monoisotopic (exact) mass is 249 g/mol. The summed E-state index contributed by atoms with van der Waals surface area (Å²) in [5.74, 6) is -0.287. The molecule has 0 radical (unpaired) electrons. The van der Waals surface area contributed by atoms with Gasteiger partial charge in [0.25, 0.3) is 0 Å². The third-order valence-electron chi connectivity index (χ3n) is 2.76. The van der Waals surface area contributed by atoms with E-state index in [0.717, 1.165) is 0 Å². The van der Waals surface area contributed by atoms with Crippen molar-refractivity contribution in [3.8, 4) is 0 Å². The predicted molar refractivity (Wildman–Crippen MR) is 62.1 cm³/mol. The van der Waals surface area contributed by atoms with Crippen LogP contribution in [0.25, 0.3) is 0 Å². The summed E-state index contributed by atoms with van der Waals surface area (Å²) in [4.78, 5) is 22.9. The van der Waals surface area contributed by atoms with Crippen LogP contribution in [0.5, 0.6) is 0 Å². The zero-order valence-corrected chi connectivity index (χ0v) is 9.99. The van der Waals surface area contributed by atoms with Gasteiger partial charge >= 0.3 is 6.09 Å². The normalized spacial score (nSPS) is 19.3. The molecule has 1 aliphatic heterocycles. The van der Waals surface area contributed by atoms with Gasteiger partial charge in [-0.25, -0.2) is 9.18 Å². The molecule has 1 aliphatic rings. The van der Waals surface area contributed by atoms with Crippen LogP contribution in [0.3, 0.4) is 0 Å². The molecule has 0 aliphatic carbocycles. The molecule has 1 amide bonds. The third-order valence-corrected chi connectivity index (χ3v) is 2.76. The molecule has 18 heavy (non-hydrogen) atoms. The van der Waals surface area contributed by atoms with Gasteiger partial charge in [-0.1, -0.05) is 12.1 Å². The van der Waals surface area contributed by atoms with E-state index in [0.29, 0.717) is 11.1 Å². The number of halogens is 1. The maximum atomic E-state index is 12.9. The average molecular weight is 249 g/mol. The van der Waals surface area contributed by atoms with Crippen molar-refractivity contribution in [2.24, 2.45) is 0 Å². The van der Waals surface area contributed by atoms with Gasteiger partial charge in [0.15, 0.2) is 5.78 Å². The van der Waals surface area contributed by atoms with Gasteiger partial charge in [-0.05, 0) is 31.5 Å². The van der Waals surface area contributed by atoms with Crippen molar-refractivity contribution in [1.82, 2.24) is 5.32 Å². The fourth-order valence-corrected chi connectivity index (χ4v) is 1.97. The first-order valence-corrected chi connectivity index (χ1v) is 5.44. The largest absolute Gasteiger partial charge is 0.415 e. The molecule has 1 unspecified atom stereocenters. The van der Waals surface area contributed by atoms with Crippen LogP contribution >= 0.6 is 0 Å². The highest BCUT2D eigenvalue weighted by Gasteiger charge is 2.30. The molecular formula is C13H12FNO3. The van der Waals surface area contributed by atoms with Crippen LogP contribution in [0.2, 0.25) is 0 Å². The van der Waals surface area contributed by atoms with Crippen molar-refractivity contribution in [2.45, 2.75) is 19.9 Å². The van der Waals surface area contributed by atoms with Gasteiger partial charge in [-0.3, -0.25) is 4.79 Å². The molecule has 4 nitrogen and oxygen atoms in total. The highest BCUT2D eigenvalue weighted by Crippen LogP contribution is 2.29. The summed E-state index contributed by atoms with van der Waals surface area (Å²) in [6.45, 7) is 2.96. The Morgan fingerprint density at radius 1 is 1.33 bits per heavy atom. The van der Waals surface area contributed by atoms with Crippen LogP contribution in [0.4, 0.5) is 9.18 Å². The molecule has 0 saturated heterocycles. The Hall–Kier alpha value is -2.17. The summed E-state index contributed by atoms with van der Waals surface area (Å²) in [6, 6.07) is 5.03. The number of ether oxygens (including phenoxy) is 1. The first kappa shape index (κ1) is 12.3. The second-order valence-electron chi connectivity index (χ2n) is 4.04. The number of nitrogens with one attached hydrogen (secondary N) is 1. The van der Waals surface area contributed by atoms with Crippen molar-refractivity contribution in [1.29, 1.82) is 0 Å². The molecule has 0 saturated carbocycles. The fraction of sp³-hybridized carbons (Fsp3) is 0.231. The quantitative estimate of drug-likeness (QED) is 0.876. The van der Waals surface area contributed by atoms with Crippen LogP contribution in [-0.4, -0.2) is 11.9 Å². The van der Waals surface area contributed by atoms with Crippen LogP contribution in [0.15, 0.2) is 35.6 Å². The van der Waals surface area contributed by atoms with Crippen LogP contribution in [-0.2, 0) is 9.53 Å². The molecule has 2 rings (SSSR count). The Kier molecular flexibility index (Phi) is 3.14. The number of carbonyl (C=O) groups excluding carboxylic acids is 2. The minimum absolute atomic E-state index is 0.193. The number of carbonyl (C=O) groups is 2. The topological polar surface area (TPSA) is 55.4 Å². The lowest BCUT2D eigenvalue weighted by Gasteiger charge is -2.26. The Morgan fingerprint density at radius 2 is 1.94 bits per heavy atom. The molecule has 0 spiro atoms. The molecule has 1 atom stereocenters. The number of Topliss-reactive ketones (excluding diaryl/α,β-unsaturated/α-hetero) is 1. The second-order valence-corrected chi connectivity index (χ2v) is 4.04. The smallest absolute Gasteiger partial charge is 0.413 e. The number of hydrogen-bond acceptors (Lipinski definition) is 3. The predicted octanol–water partition coefficient (Wildman–Crippen LogP) is 2.47. The lowest BCUT2D eigenvalue weighted by Crippen LogP contribution is -2.37. The molecule has 0 aromatic heterocycles. The van der Waals surface area contributed by atoms with Gasteiger partial charge in [0.2, 0.25) is 0 Å². The lowest BCUT2D eigenvalue weighted by molar-refractivity contribution is -0.114. The van der Waals surface area contributed by atoms with Gasteiger partial charge in [0.1, 0.15) is 11.6 Å². The summed E-state index contributed by atoms with van der Waals surface area (Å²) in [7, 11) is 0. The van der Waals surface area contributed by atoms with E-state index in [2.05, 4.69) is 5.32 Å². The van der Waals surface area contributed by atoms with E-state index in [4.69, 9.17) is 4.74 Å². The number of alkyl carbamates (subject to hydrolysis) is 1. The molecule has 0 fully saturated rings. The van der Waals surface area contributed by atoms with E-state index >= 15 is 0 Å². The molecule has 94 valence electrons. The average Bonchev–Trinajstić information content (AvgIpc) is 2.28. The van der Waals surface area contributed by atoms with Crippen molar-refractivity contribution >= 4 is 11.9 Å². The Morgan fingerprint density at radius 3 is 2.50 bits per heavy atom. The number of amides is 1. The van der Waals surface area contributed by atoms with Crippen molar-refractivity contribution in [3.63, 3.8) is 0 Å². The summed E-state index contributed by atoms with van der Waals surface area (Å²) in [6.07, 6.45) is -0.619. The molecule has 0 bridgehead atoms. The zero-order valence-electron chi connectivity index (χ0n) is 9.99. The number of ketones is 1. The van der Waals surface area contributed by atoms with E-state index in [-0.39, 0.29) is 17.4 Å². The van der Waals surface area contributed by atoms with E-state index < -0.39 is 12.1 Å². The summed E-state index contributed by atoms with van der Waals surface area (Å²) in [5.41, 5.74) is 1.01. The second kappa shape index (κ2) is 4.60. The van der Waals surface area contributed by atoms with Gasteiger partial charge in [-0.2, -0.15) is 0 Å². The standard InChI is InChI=1S/C13H12FNO3/c1-7(16)11-8(2)18-13(17)15-12(11)9-3-5-10(14)6-4-9/h3-6,12H,1-2H3,(H,15,17). The highest BCUT2D eigenvalue weighted by molar-refractivity contribution is 5.97. The summed E-state index contributed by atoms with van der Waals surface area (Å²) < 4.78 is 17.7. The van der Waals surface area contributed by atoms with Crippen LogP contribution in [0, 0.1) is 5.82 Å². The first-order chi connectivity index (χ1) is 8.49. The number of benzene rings is 1. The number of hydrogen-bond donors (Lipinski definition) is 1. The molecule has 5 heteroatoms. The first-order valence-electron chi connectivity index (χ1n) is 5.44. The maximum Gasteiger partial charge on any atom is 0.413 e. The fourth-order valence-electron chi connectivity index (χ4n) is 1.97. The van der Waals surface area contributed by atoms with Gasteiger partial charge in [0.05, 0.1) is 11.6 Å². The zero-order chi connectivity index (χ0) is 13.3. The third kappa shape index (κ3) is 2.25. The maximum absolute atomic E-state index is 12.9. The summed E-state index contributed by atoms with van der Waals surface area (Å²) in [5, 5.41) is 2.55. The van der Waals surface area contributed by atoms with Gasteiger partial charge < -0.3 is 10.1 Å². The number of rotatable bonds is 2. The SMILES string of the molecule is CC(=O)C1=C(C)OC(=O)NC1c1ccc(F)cc1. The Balaban J connectivity index is 2.46. The molecule has 1 N–H and O–H groups in total. The number of cyclic esters (lactones) is 1. The van der Waals surface area contributed by atoms with Crippen LogP contribution < -0.4 is 5.32 Å². The van der Waals surface area contributed by atoms with Crippen molar-refractivity contribution in [3.05, 3.63) is 47.0 Å². The lowest BCUT2D eigenvalue weighted by atomic mass is 9.94. The van der Waals surface area contributed by atoms with Gasteiger partial charge in [0, 0.05) is 0 Å². The van der Waals surface area contributed by atoms with E-state index in [1.807, 2.05) is 0 Å². The van der Waals surface area contributed by atoms with E-state index in [1.54, 1.807) is 6.92 Å². The van der Waals surface area contributed by atoms with E-state index in [1.165, 1.54) is 31.2 Å². The van der Waals surface area contributed by atoms with Gasteiger partial charge in [-0.15, -0.1) is 0 Å². The van der Waals surface area contributed by atoms with Crippen molar-refractivity contribution < 1.29 is 18.7 Å². The Labute approximate surface area is 103 Å². The Bertz CT molecular complexity index is 534. The van der Waals surface area contributed by atoms with Crippen LogP contribution in [0.1, 0.15) is 25.5 Å². The van der Waals surface area contributed by atoms with Crippen molar-refractivity contribution in [2.75, 3.05) is 0 Å². The molecular weight excluding hydrogens is 237 g/mol. The molecule has 1 aromatic rings. The van der Waals surface area contributed by atoms with E-state index in [9.17, 15) is 14.0 Å².